The highest BCUT2D eigenvalue weighted by atomic mass is 32.2. The van der Waals surface area contributed by atoms with Gasteiger partial charge in [-0.1, -0.05) is 26.0 Å². The summed E-state index contributed by atoms with van der Waals surface area (Å²) in [6.07, 6.45) is 1.25. The smallest absolute Gasteiger partial charge is 0.183 e. The maximum Gasteiger partial charge on any atom is 0.183 e. The number of thioether (sulfide) groups is 1. The van der Waals surface area contributed by atoms with Crippen LogP contribution in [0.4, 0.5) is 0 Å². The fraction of sp³-hybridized carbons (Fsp3) is 0.600. The van der Waals surface area contributed by atoms with Crippen LogP contribution in [0, 0.1) is 0 Å². The summed E-state index contributed by atoms with van der Waals surface area (Å²) < 4.78 is 10.4. The molecule has 1 aromatic carbocycles. The van der Waals surface area contributed by atoms with E-state index in [0.29, 0.717) is 0 Å². The molecule has 1 N–H and O–H groups in total. The summed E-state index contributed by atoms with van der Waals surface area (Å²) in [4.78, 5) is 1.15. The number of ether oxygens (including phenoxy) is 2. The van der Waals surface area contributed by atoms with Crippen LogP contribution >= 0.6 is 11.8 Å². The van der Waals surface area contributed by atoms with Gasteiger partial charge in [0.2, 0.25) is 0 Å². The minimum absolute atomic E-state index is 0.317. The Kier molecular flexibility index (Phi) is 6.86. The van der Waals surface area contributed by atoms with E-state index in [-0.39, 0.29) is 6.29 Å². The van der Waals surface area contributed by atoms with Crippen molar-refractivity contribution in [3.8, 4) is 0 Å². The Hall–Kier alpha value is -0.550. The van der Waals surface area contributed by atoms with Crippen molar-refractivity contribution in [3.05, 3.63) is 29.8 Å². The van der Waals surface area contributed by atoms with Crippen molar-refractivity contribution in [1.29, 1.82) is 0 Å². The summed E-state index contributed by atoms with van der Waals surface area (Å²) >= 11 is 1.68. The summed E-state index contributed by atoms with van der Waals surface area (Å²) in [5.74, 6) is 0.720. The molecule has 0 bridgehead atoms. The first-order valence-electron chi connectivity index (χ1n) is 6.59. The minimum atomic E-state index is -0.565. The van der Waals surface area contributed by atoms with Gasteiger partial charge in [0.1, 0.15) is 0 Å². The zero-order valence-electron chi connectivity index (χ0n) is 12.2. The van der Waals surface area contributed by atoms with E-state index in [4.69, 9.17) is 9.47 Å². The third-order valence-electron chi connectivity index (χ3n) is 3.40. The first kappa shape index (κ1) is 16.5. The summed E-state index contributed by atoms with van der Waals surface area (Å²) in [5.41, 5.74) is 0.431. The van der Waals surface area contributed by atoms with Crippen LogP contribution in [0.3, 0.4) is 0 Å². The predicted octanol–water partition coefficient (Wildman–Crippen LogP) is 3.62. The molecule has 0 aliphatic carbocycles. The van der Waals surface area contributed by atoms with Crippen molar-refractivity contribution < 1.29 is 14.6 Å². The van der Waals surface area contributed by atoms with E-state index in [2.05, 4.69) is 0 Å². The predicted molar refractivity (Wildman–Crippen MR) is 79.5 cm³/mol. The lowest BCUT2D eigenvalue weighted by Crippen LogP contribution is -2.29. The van der Waals surface area contributed by atoms with Crippen LogP contribution in [-0.2, 0) is 9.47 Å². The SMILES string of the molecule is CCC(O)(CC)CSc1ccc(C(OC)OC)cc1. The Labute approximate surface area is 120 Å². The number of benzene rings is 1. The molecule has 108 valence electrons. The van der Waals surface area contributed by atoms with E-state index >= 15 is 0 Å². The Morgan fingerprint density at radius 1 is 1.11 bits per heavy atom. The van der Waals surface area contributed by atoms with Gasteiger partial charge in [-0.2, -0.15) is 0 Å². The van der Waals surface area contributed by atoms with Gasteiger partial charge in [0, 0.05) is 30.4 Å². The highest BCUT2D eigenvalue weighted by Crippen LogP contribution is 2.28. The molecule has 0 aliphatic rings. The fourth-order valence-electron chi connectivity index (χ4n) is 1.76. The van der Waals surface area contributed by atoms with Crippen LogP contribution < -0.4 is 0 Å². The molecule has 0 spiro atoms. The van der Waals surface area contributed by atoms with Crippen LogP contribution in [0.1, 0.15) is 38.5 Å². The van der Waals surface area contributed by atoms with Crippen LogP contribution in [0.25, 0.3) is 0 Å². The maximum atomic E-state index is 10.2. The molecule has 0 saturated heterocycles. The van der Waals surface area contributed by atoms with Crippen molar-refractivity contribution >= 4 is 11.8 Å². The highest BCUT2D eigenvalue weighted by Gasteiger charge is 2.22. The molecule has 0 amide bonds. The molecule has 4 heteroatoms. The van der Waals surface area contributed by atoms with Gasteiger partial charge in [0.25, 0.3) is 0 Å². The Balaban J connectivity index is 2.62. The standard InChI is InChI=1S/C15H24O3S/c1-5-15(16,6-2)11-19-13-9-7-12(8-10-13)14(17-3)18-4/h7-10,14,16H,5-6,11H2,1-4H3. The van der Waals surface area contributed by atoms with Crippen LogP contribution in [0.15, 0.2) is 29.2 Å². The molecule has 3 nitrogen and oxygen atoms in total. The van der Waals surface area contributed by atoms with Gasteiger partial charge in [0.05, 0.1) is 5.60 Å². The third-order valence-corrected chi connectivity index (χ3v) is 4.69. The number of hydrogen-bond donors (Lipinski definition) is 1. The van der Waals surface area contributed by atoms with E-state index < -0.39 is 5.60 Å². The van der Waals surface area contributed by atoms with E-state index in [9.17, 15) is 5.11 Å². The first-order valence-corrected chi connectivity index (χ1v) is 7.57. The lowest BCUT2D eigenvalue weighted by molar-refractivity contribution is -0.106. The van der Waals surface area contributed by atoms with E-state index in [1.807, 2.05) is 38.1 Å². The number of hydrogen-bond acceptors (Lipinski definition) is 4. The van der Waals surface area contributed by atoms with E-state index in [1.165, 1.54) is 0 Å². The Morgan fingerprint density at radius 3 is 2.05 bits per heavy atom. The quantitative estimate of drug-likeness (QED) is 0.584. The molecule has 0 radical (unpaired) electrons. The fourth-order valence-corrected chi connectivity index (χ4v) is 2.93. The highest BCUT2D eigenvalue weighted by molar-refractivity contribution is 7.99. The van der Waals surface area contributed by atoms with Crippen molar-refractivity contribution in [2.75, 3.05) is 20.0 Å². The average Bonchev–Trinajstić information content (AvgIpc) is 2.47. The molecule has 0 aliphatic heterocycles. The van der Waals surface area contributed by atoms with Crippen LogP contribution in [0.5, 0.6) is 0 Å². The molecule has 0 fully saturated rings. The van der Waals surface area contributed by atoms with Crippen LogP contribution in [-0.4, -0.2) is 30.7 Å². The van der Waals surface area contributed by atoms with Gasteiger partial charge < -0.3 is 14.6 Å². The monoisotopic (exact) mass is 284 g/mol. The second kappa shape index (κ2) is 7.90. The molecule has 0 unspecified atom stereocenters. The normalized spacial score (nSPS) is 12.1. The van der Waals surface area contributed by atoms with E-state index in [1.54, 1.807) is 26.0 Å². The van der Waals surface area contributed by atoms with Crippen LogP contribution in [0.2, 0.25) is 0 Å². The van der Waals surface area contributed by atoms with Crippen molar-refractivity contribution in [2.45, 2.75) is 43.5 Å². The van der Waals surface area contributed by atoms with Gasteiger partial charge in [0.15, 0.2) is 6.29 Å². The third kappa shape index (κ3) is 4.80. The molecular weight excluding hydrogens is 260 g/mol. The number of aliphatic hydroxyl groups is 1. The summed E-state index contributed by atoms with van der Waals surface area (Å²) in [5, 5.41) is 10.2. The second-order valence-electron chi connectivity index (χ2n) is 4.59. The second-order valence-corrected chi connectivity index (χ2v) is 5.64. The lowest BCUT2D eigenvalue weighted by Gasteiger charge is -2.24. The van der Waals surface area contributed by atoms with Crippen molar-refractivity contribution in [2.24, 2.45) is 0 Å². The Morgan fingerprint density at radius 2 is 1.63 bits per heavy atom. The number of methoxy groups -OCH3 is 2. The molecular formula is C15H24O3S. The molecule has 1 rings (SSSR count). The van der Waals surface area contributed by atoms with Gasteiger partial charge in [-0.25, -0.2) is 0 Å². The molecule has 0 atom stereocenters. The Bertz CT molecular complexity index is 356. The maximum absolute atomic E-state index is 10.2. The average molecular weight is 284 g/mol. The number of rotatable bonds is 8. The van der Waals surface area contributed by atoms with Gasteiger partial charge in [-0.3, -0.25) is 0 Å². The van der Waals surface area contributed by atoms with Gasteiger partial charge >= 0.3 is 0 Å². The van der Waals surface area contributed by atoms with Gasteiger partial charge in [-0.15, -0.1) is 11.8 Å². The molecule has 0 heterocycles. The molecule has 19 heavy (non-hydrogen) atoms. The summed E-state index contributed by atoms with van der Waals surface area (Å²) in [7, 11) is 3.25. The molecule has 1 aromatic rings. The van der Waals surface area contributed by atoms with E-state index in [0.717, 1.165) is 29.1 Å². The zero-order chi connectivity index (χ0) is 14.3. The van der Waals surface area contributed by atoms with Crippen molar-refractivity contribution in [3.63, 3.8) is 0 Å². The summed E-state index contributed by atoms with van der Waals surface area (Å²) in [6, 6.07) is 8.07. The lowest BCUT2D eigenvalue weighted by atomic mass is 10.0. The molecule has 0 saturated carbocycles. The molecule has 0 aromatic heterocycles. The minimum Gasteiger partial charge on any atom is -0.389 e. The summed E-state index contributed by atoms with van der Waals surface area (Å²) in [6.45, 7) is 4.05. The zero-order valence-corrected chi connectivity index (χ0v) is 13.0. The topological polar surface area (TPSA) is 38.7 Å². The van der Waals surface area contributed by atoms with Crippen molar-refractivity contribution in [1.82, 2.24) is 0 Å². The first-order chi connectivity index (χ1) is 9.08. The largest absolute Gasteiger partial charge is 0.389 e. The van der Waals surface area contributed by atoms with Gasteiger partial charge in [-0.05, 0) is 25.0 Å².